The van der Waals surface area contributed by atoms with Gasteiger partial charge in [-0.3, -0.25) is 14.2 Å². The number of nitrogens with zero attached hydrogens (tertiary/aromatic N) is 2. The molecule has 1 atom stereocenters. The van der Waals surface area contributed by atoms with Gasteiger partial charge in [0.25, 0.3) is 5.91 Å². The van der Waals surface area contributed by atoms with Gasteiger partial charge in [-0.15, -0.1) is 11.3 Å². The van der Waals surface area contributed by atoms with Crippen LogP contribution >= 0.6 is 18.9 Å². The van der Waals surface area contributed by atoms with Gasteiger partial charge in [0.2, 0.25) is 10.0 Å². The van der Waals surface area contributed by atoms with Crippen LogP contribution in [0.4, 0.5) is 5.13 Å². The van der Waals surface area contributed by atoms with E-state index in [1.165, 1.54) is 41.7 Å². The maximum Gasteiger partial charge on any atom is 0.334 e. The largest absolute Gasteiger partial charge is 0.334 e. The van der Waals surface area contributed by atoms with Crippen LogP contribution in [0.15, 0.2) is 47.5 Å². The summed E-state index contributed by atoms with van der Waals surface area (Å²) in [6.07, 6.45) is 4.37. The molecule has 1 N–H and O–H groups in total. The molecule has 13 heteroatoms. The third kappa shape index (κ3) is 5.70. The summed E-state index contributed by atoms with van der Waals surface area (Å²) < 4.78 is 50.6. The second-order valence-corrected chi connectivity index (χ2v) is 12.4. The zero-order valence-electron chi connectivity index (χ0n) is 19.0. The van der Waals surface area contributed by atoms with Crippen molar-refractivity contribution in [3.63, 3.8) is 0 Å². The van der Waals surface area contributed by atoms with E-state index in [0.717, 1.165) is 9.18 Å². The topological polar surface area (TPSA) is 132 Å². The van der Waals surface area contributed by atoms with Gasteiger partial charge >= 0.3 is 7.60 Å². The van der Waals surface area contributed by atoms with Crippen molar-refractivity contribution in [2.45, 2.75) is 31.7 Å². The van der Waals surface area contributed by atoms with Crippen molar-refractivity contribution < 1.29 is 31.6 Å². The van der Waals surface area contributed by atoms with Crippen molar-refractivity contribution in [2.24, 2.45) is 0 Å². The number of rotatable bonds is 10. The molecule has 1 unspecified atom stereocenters. The SMILES string of the molecule is CCOP(=O)(CC=CCN1C(C(=O)Nc2ncc(C)s2)C(=O)c2ccccc2S1(=O)=O)OCC. The molecule has 2 aromatic rings. The summed E-state index contributed by atoms with van der Waals surface area (Å²) in [5.74, 6) is -1.45. The fourth-order valence-corrected chi connectivity index (χ4v) is 7.24. The predicted molar refractivity (Wildman–Crippen MR) is 129 cm³/mol. The number of thiazole rings is 1. The summed E-state index contributed by atoms with van der Waals surface area (Å²) in [5, 5.41) is 2.80. The van der Waals surface area contributed by atoms with E-state index >= 15 is 0 Å². The molecule has 1 aliphatic rings. The van der Waals surface area contributed by atoms with Crippen LogP contribution in [-0.2, 0) is 28.4 Å². The molecule has 1 amide bonds. The van der Waals surface area contributed by atoms with Gasteiger partial charge in [0, 0.05) is 23.2 Å². The van der Waals surface area contributed by atoms with Crippen LogP contribution < -0.4 is 5.32 Å². The van der Waals surface area contributed by atoms with E-state index in [-0.39, 0.29) is 41.5 Å². The number of fused-ring (bicyclic) bond motifs is 1. The molecular weight excluding hydrogens is 501 g/mol. The number of ketones is 1. The summed E-state index contributed by atoms with van der Waals surface area (Å²) in [4.78, 5) is 31.0. The lowest BCUT2D eigenvalue weighted by Gasteiger charge is -2.33. The van der Waals surface area contributed by atoms with Gasteiger partial charge in [-0.05, 0) is 32.9 Å². The Morgan fingerprint density at radius 3 is 2.53 bits per heavy atom. The molecule has 0 radical (unpaired) electrons. The number of benzene rings is 1. The second kappa shape index (κ2) is 11.0. The molecule has 1 aliphatic heterocycles. The highest BCUT2D eigenvalue weighted by molar-refractivity contribution is 7.89. The van der Waals surface area contributed by atoms with Crippen LogP contribution in [0.5, 0.6) is 0 Å². The van der Waals surface area contributed by atoms with E-state index in [9.17, 15) is 22.6 Å². The minimum Gasteiger partial charge on any atom is -0.309 e. The first kappa shape index (κ1) is 26.4. The number of carbonyl (C=O) groups is 2. The number of aromatic nitrogens is 1. The van der Waals surface area contributed by atoms with Gasteiger partial charge in [-0.25, -0.2) is 13.4 Å². The summed E-state index contributed by atoms with van der Waals surface area (Å²) in [6.45, 7) is 5.26. The predicted octanol–water partition coefficient (Wildman–Crippen LogP) is 3.47. The molecule has 0 saturated heterocycles. The molecule has 0 spiro atoms. The van der Waals surface area contributed by atoms with Crippen molar-refractivity contribution in [3.8, 4) is 0 Å². The van der Waals surface area contributed by atoms with Gasteiger partial charge in [0.05, 0.1) is 24.3 Å². The molecule has 1 aromatic heterocycles. The first-order chi connectivity index (χ1) is 16.1. The van der Waals surface area contributed by atoms with Gasteiger partial charge in [-0.1, -0.05) is 24.3 Å². The van der Waals surface area contributed by atoms with Gasteiger partial charge < -0.3 is 14.4 Å². The Morgan fingerprint density at radius 2 is 1.91 bits per heavy atom. The molecule has 0 aliphatic carbocycles. The standard InChI is InChI=1S/C21H26N3O7PS2/c1-4-30-32(27,31-5-2)13-9-8-12-24-18(20(26)23-21-22-14-15(3)33-21)19(25)16-10-6-7-11-17(16)34(24,28)29/h6-11,14,18H,4-5,12-13H2,1-3H3,(H,22,23,26). The third-order valence-corrected chi connectivity index (χ3v) is 9.49. The monoisotopic (exact) mass is 527 g/mol. The Labute approximate surface area is 202 Å². The van der Waals surface area contributed by atoms with Crippen molar-refractivity contribution in [1.82, 2.24) is 9.29 Å². The van der Waals surface area contributed by atoms with E-state index in [1.54, 1.807) is 33.0 Å². The van der Waals surface area contributed by atoms with Crippen molar-refractivity contribution in [1.29, 1.82) is 0 Å². The summed E-state index contributed by atoms with van der Waals surface area (Å²) >= 11 is 1.21. The Kier molecular flexibility index (Phi) is 8.56. The fraction of sp³-hybridized carbons (Fsp3) is 0.381. The summed E-state index contributed by atoms with van der Waals surface area (Å²) in [5.41, 5.74) is -0.0459. The lowest BCUT2D eigenvalue weighted by atomic mass is 10.0. The number of hydrogen-bond acceptors (Lipinski definition) is 9. The zero-order chi connectivity index (χ0) is 24.9. The number of nitrogens with one attached hydrogen (secondary N) is 1. The van der Waals surface area contributed by atoms with E-state index in [4.69, 9.17) is 9.05 Å². The van der Waals surface area contributed by atoms with Gasteiger partial charge in [-0.2, -0.15) is 4.31 Å². The average Bonchev–Trinajstić information content (AvgIpc) is 3.19. The molecule has 10 nitrogen and oxygen atoms in total. The van der Waals surface area contributed by atoms with E-state index in [1.807, 2.05) is 0 Å². The van der Waals surface area contributed by atoms with E-state index < -0.39 is 35.4 Å². The minimum absolute atomic E-state index is 0.0459. The van der Waals surface area contributed by atoms with E-state index in [0.29, 0.717) is 0 Å². The molecule has 2 heterocycles. The maximum atomic E-state index is 13.4. The molecule has 0 saturated carbocycles. The smallest absolute Gasteiger partial charge is 0.309 e. The number of amides is 1. The molecule has 0 bridgehead atoms. The van der Waals surface area contributed by atoms with Crippen LogP contribution in [0.2, 0.25) is 0 Å². The third-order valence-electron chi connectivity index (χ3n) is 4.81. The number of hydrogen-bond donors (Lipinski definition) is 1. The Hall–Kier alpha value is -2.21. The minimum atomic E-state index is -4.18. The number of carbonyl (C=O) groups excluding carboxylic acids is 2. The first-order valence-corrected chi connectivity index (χ1v) is 14.5. The van der Waals surface area contributed by atoms with Crippen LogP contribution in [0.25, 0.3) is 0 Å². The Balaban J connectivity index is 1.91. The normalized spacial score (nSPS) is 18.2. The molecule has 0 fully saturated rings. The number of sulfonamides is 1. The number of anilines is 1. The van der Waals surface area contributed by atoms with Crippen molar-refractivity contribution in [2.75, 3.05) is 31.2 Å². The Bertz CT molecular complexity index is 1230. The first-order valence-electron chi connectivity index (χ1n) is 10.5. The summed E-state index contributed by atoms with van der Waals surface area (Å²) in [7, 11) is -7.55. The van der Waals surface area contributed by atoms with Crippen LogP contribution in [0.1, 0.15) is 29.1 Å². The van der Waals surface area contributed by atoms with Crippen molar-refractivity contribution in [3.05, 3.63) is 53.1 Å². The lowest BCUT2D eigenvalue weighted by molar-refractivity contribution is -0.118. The number of allylic oxidation sites excluding steroid dienone is 1. The van der Waals surface area contributed by atoms with Crippen LogP contribution in [-0.4, -0.2) is 61.4 Å². The van der Waals surface area contributed by atoms with Crippen LogP contribution in [0.3, 0.4) is 0 Å². The summed E-state index contributed by atoms with van der Waals surface area (Å²) in [6, 6.07) is 4.14. The fourth-order valence-electron chi connectivity index (χ4n) is 3.40. The maximum absolute atomic E-state index is 13.4. The van der Waals surface area contributed by atoms with Crippen molar-refractivity contribution >= 4 is 45.8 Å². The van der Waals surface area contributed by atoms with Gasteiger partial charge in [0.15, 0.2) is 17.0 Å². The lowest BCUT2D eigenvalue weighted by Crippen LogP contribution is -2.55. The zero-order valence-corrected chi connectivity index (χ0v) is 21.5. The number of aryl methyl sites for hydroxylation is 1. The molecule has 34 heavy (non-hydrogen) atoms. The number of Topliss-reactive ketones (excluding diaryl/α,β-unsaturated/α-hetero) is 1. The quantitative estimate of drug-likeness (QED) is 0.282. The average molecular weight is 528 g/mol. The highest BCUT2D eigenvalue weighted by atomic mass is 32.2. The second-order valence-electron chi connectivity index (χ2n) is 7.20. The molecule has 3 rings (SSSR count). The molecule has 184 valence electrons. The molecule has 1 aromatic carbocycles. The highest BCUT2D eigenvalue weighted by Crippen LogP contribution is 2.47. The van der Waals surface area contributed by atoms with E-state index in [2.05, 4.69) is 10.3 Å². The Morgan fingerprint density at radius 1 is 1.24 bits per heavy atom. The van der Waals surface area contributed by atoms with Crippen LogP contribution in [0, 0.1) is 6.92 Å². The highest BCUT2D eigenvalue weighted by Gasteiger charge is 2.47. The van der Waals surface area contributed by atoms with Gasteiger partial charge in [0.1, 0.15) is 0 Å². The molecular formula is C21H26N3O7PS2.